The lowest BCUT2D eigenvalue weighted by atomic mass is 10.2. The summed E-state index contributed by atoms with van der Waals surface area (Å²) in [6.45, 7) is 2.61. The minimum Gasteiger partial charge on any atom is -0.399 e. The van der Waals surface area contributed by atoms with Gasteiger partial charge in [0.25, 0.3) is 0 Å². The Morgan fingerprint density at radius 1 is 1.29 bits per heavy atom. The van der Waals surface area contributed by atoms with Crippen LogP contribution in [0.2, 0.25) is 5.28 Å². The van der Waals surface area contributed by atoms with Gasteiger partial charge >= 0.3 is 0 Å². The molecule has 1 aromatic carbocycles. The lowest BCUT2D eigenvalue weighted by Gasteiger charge is -2.08. The van der Waals surface area contributed by atoms with E-state index in [0.29, 0.717) is 6.54 Å². The van der Waals surface area contributed by atoms with Crippen molar-refractivity contribution in [3.8, 4) is 0 Å². The van der Waals surface area contributed by atoms with Crippen LogP contribution in [0.25, 0.3) is 0 Å². The van der Waals surface area contributed by atoms with Crippen molar-refractivity contribution in [1.82, 2.24) is 9.97 Å². The van der Waals surface area contributed by atoms with Gasteiger partial charge in [-0.2, -0.15) is 0 Å². The fraction of sp³-hybridized carbons (Fsp3) is 0.167. The van der Waals surface area contributed by atoms with Crippen molar-refractivity contribution in [3.05, 3.63) is 46.9 Å². The average Bonchev–Trinajstić information content (AvgIpc) is 2.32. The molecule has 0 saturated heterocycles. The van der Waals surface area contributed by atoms with Crippen LogP contribution < -0.4 is 11.1 Å². The molecule has 0 spiro atoms. The molecule has 0 atom stereocenters. The molecule has 0 unspecified atom stereocenters. The van der Waals surface area contributed by atoms with Crippen LogP contribution in [0.1, 0.15) is 11.1 Å². The van der Waals surface area contributed by atoms with Crippen LogP contribution in [0.4, 0.5) is 11.5 Å². The van der Waals surface area contributed by atoms with Crippen molar-refractivity contribution in [1.29, 1.82) is 0 Å². The lowest BCUT2D eigenvalue weighted by Crippen LogP contribution is -2.04. The van der Waals surface area contributed by atoms with Crippen molar-refractivity contribution >= 4 is 23.1 Å². The lowest BCUT2D eigenvalue weighted by molar-refractivity contribution is 1.06. The van der Waals surface area contributed by atoms with Crippen LogP contribution in [-0.4, -0.2) is 9.97 Å². The van der Waals surface area contributed by atoms with Crippen LogP contribution in [0, 0.1) is 6.92 Å². The van der Waals surface area contributed by atoms with Gasteiger partial charge in [-0.05, 0) is 36.2 Å². The van der Waals surface area contributed by atoms with Gasteiger partial charge in [0.2, 0.25) is 5.28 Å². The number of halogens is 1. The SMILES string of the molecule is Cc1cnc(Cl)nc1NCc1ccc(N)cc1. The number of nitrogens with one attached hydrogen (secondary N) is 1. The summed E-state index contributed by atoms with van der Waals surface area (Å²) in [4.78, 5) is 8.03. The molecule has 17 heavy (non-hydrogen) atoms. The Balaban J connectivity index is 2.07. The Morgan fingerprint density at radius 3 is 2.71 bits per heavy atom. The average molecular weight is 249 g/mol. The first kappa shape index (κ1) is 11.7. The molecule has 5 heteroatoms. The minimum absolute atomic E-state index is 0.246. The van der Waals surface area contributed by atoms with E-state index in [2.05, 4.69) is 15.3 Å². The van der Waals surface area contributed by atoms with Crippen LogP contribution in [0.3, 0.4) is 0 Å². The molecule has 88 valence electrons. The van der Waals surface area contributed by atoms with E-state index in [4.69, 9.17) is 17.3 Å². The third-order valence-electron chi connectivity index (χ3n) is 2.38. The summed E-state index contributed by atoms with van der Waals surface area (Å²) in [7, 11) is 0. The standard InChI is InChI=1S/C12H13ClN4/c1-8-6-16-12(13)17-11(8)15-7-9-2-4-10(14)5-3-9/h2-6H,7,14H2,1H3,(H,15,16,17). The predicted molar refractivity (Wildman–Crippen MR) is 70.0 cm³/mol. The number of aryl methyl sites for hydroxylation is 1. The van der Waals surface area contributed by atoms with E-state index >= 15 is 0 Å². The fourth-order valence-electron chi connectivity index (χ4n) is 1.42. The summed E-state index contributed by atoms with van der Waals surface area (Å²) in [5, 5.41) is 3.46. The van der Waals surface area contributed by atoms with Crippen LogP contribution in [-0.2, 0) is 6.54 Å². The highest BCUT2D eigenvalue weighted by Crippen LogP contribution is 2.14. The number of aromatic nitrogens is 2. The van der Waals surface area contributed by atoms with Gasteiger partial charge in [0.15, 0.2) is 0 Å². The van der Waals surface area contributed by atoms with E-state index in [-0.39, 0.29) is 5.28 Å². The number of nitrogen functional groups attached to an aromatic ring is 1. The van der Waals surface area contributed by atoms with Gasteiger partial charge in [-0.3, -0.25) is 0 Å². The van der Waals surface area contributed by atoms with E-state index in [1.807, 2.05) is 31.2 Å². The van der Waals surface area contributed by atoms with Gasteiger partial charge in [0.05, 0.1) is 0 Å². The van der Waals surface area contributed by atoms with Crippen molar-refractivity contribution in [2.24, 2.45) is 0 Å². The first-order chi connectivity index (χ1) is 8.15. The summed E-state index contributed by atoms with van der Waals surface area (Å²) < 4.78 is 0. The van der Waals surface area contributed by atoms with Crippen molar-refractivity contribution in [2.75, 3.05) is 11.1 Å². The molecule has 2 rings (SSSR count). The molecule has 0 amide bonds. The summed E-state index contributed by atoms with van der Waals surface area (Å²) in [5.41, 5.74) is 8.47. The highest BCUT2D eigenvalue weighted by molar-refractivity contribution is 6.28. The van der Waals surface area contributed by atoms with Gasteiger partial charge in [-0.25, -0.2) is 9.97 Å². The first-order valence-corrected chi connectivity index (χ1v) is 5.60. The zero-order valence-corrected chi connectivity index (χ0v) is 10.2. The molecule has 0 aliphatic rings. The third kappa shape index (κ3) is 3.07. The zero-order valence-electron chi connectivity index (χ0n) is 9.44. The van der Waals surface area contributed by atoms with Gasteiger partial charge in [0, 0.05) is 24.0 Å². The van der Waals surface area contributed by atoms with Gasteiger partial charge in [-0.1, -0.05) is 12.1 Å². The van der Waals surface area contributed by atoms with Crippen LogP contribution >= 0.6 is 11.6 Å². The Hall–Kier alpha value is -1.81. The highest BCUT2D eigenvalue weighted by atomic mass is 35.5. The molecular weight excluding hydrogens is 236 g/mol. The van der Waals surface area contributed by atoms with E-state index in [0.717, 1.165) is 22.6 Å². The van der Waals surface area contributed by atoms with E-state index < -0.39 is 0 Å². The van der Waals surface area contributed by atoms with Crippen LogP contribution in [0.5, 0.6) is 0 Å². The van der Waals surface area contributed by atoms with Crippen molar-refractivity contribution in [3.63, 3.8) is 0 Å². The van der Waals surface area contributed by atoms with E-state index in [1.54, 1.807) is 6.20 Å². The maximum absolute atomic E-state index is 5.74. The van der Waals surface area contributed by atoms with Gasteiger partial charge < -0.3 is 11.1 Å². The monoisotopic (exact) mass is 248 g/mol. The summed E-state index contributed by atoms with van der Waals surface area (Å²) in [5.74, 6) is 0.752. The summed E-state index contributed by atoms with van der Waals surface area (Å²) in [6.07, 6.45) is 1.70. The Morgan fingerprint density at radius 2 is 2.00 bits per heavy atom. The molecule has 0 saturated carbocycles. The topological polar surface area (TPSA) is 63.8 Å². The highest BCUT2D eigenvalue weighted by Gasteiger charge is 2.01. The smallest absolute Gasteiger partial charge is 0.224 e. The summed E-state index contributed by atoms with van der Waals surface area (Å²) in [6, 6.07) is 7.69. The Kier molecular flexibility index (Phi) is 3.44. The number of hydrogen-bond acceptors (Lipinski definition) is 4. The van der Waals surface area contributed by atoms with Crippen molar-refractivity contribution in [2.45, 2.75) is 13.5 Å². The van der Waals surface area contributed by atoms with E-state index in [9.17, 15) is 0 Å². The number of nitrogens with two attached hydrogens (primary N) is 1. The maximum atomic E-state index is 5.74. The van der Waals surface area contributed by atoms with E-state index in [1.165, 1.54) is 0 Å². The fourth-order valence-corrected chi connectivity index (χ4v) is 1.55. The normalized spacial score (nSPS) is 10.2. The largest absolute Gasteiger partial charge is 0.399 e. The zero-order chi connectivity index (χ0) is 12.3. The molecule has 0 bridgehead atoms. The molecule has 1 aromatic heterocycles. The van der Waals surface area contributed by atoms with Gasteiger partial charge in [0.1, 0.15) is 5.82 Å². The number of anilines is 2. The Labute approximate surface area is 105 Å². The number of hydrogen-bond donors (Lipinski definition) is 2. The number of rotatable bonds is 3. The molecular formula is C12H13ClN4. The molecule has 0 radical (unpaired) electrons. The first-order valence-electron chi connectivity index (χ1n) is 5.22. The van der Waals surface area contributed by atoms with Crippen molar-refractivity contribution < 1.29 is 0 Å². The van der Waals surface area contributed by atoms with Gasteiger partial charge in [-0.15, -0.1) is 0 Å². The second-order valence-corrected chi connectivity index (χ2v) is 4.10. The van der Waals surface area contributed by atoms with Crippen LogP contribution in [0.15, 0.2) is 30.5 Å². The maximum Gasteiger partial charge on any atom is 0.224 e. The third-order valence-corrected chi connectivity index (χ3v) is 2.56. The molecule has 4 nitrogen and oxygen atoms in total. The quantitative estimate of drug-likeness (QED) is 0.648. The molecule has 0 aliphatic heterocycles. The predicted octanol–water partition coefficient (Wildman–Crippen LogP) is 2.63. The number of benzene rings is 1. The molecule has 0 aliphatic carbocycles. The minimum atomic E-state index is 0.246. The molecule has 1 heterocycles. The second-order valence-electron chi connectivity index (χ2n) is 3.77. The molecule has 2 aromatic rings. The Bertz CT molecular complexity index is 510. The number of nitrogens with zero attached hydrogens (tertiary/aromatic N) is 2. The molecule has 3 N–H and O–H groups in total. The molecule has 0 fully saturated rings. The summed E-state index contributed by atoms with van der Waals surface area (Å²) >= 11 is 5.74. The second kappa shape index (κ2) is 5.01.